The van der Waals surface area contributed by atoms with E-state index < -0.39 is 29.0 Å². The molecule has 1 amide bonds. The summed E-state index contributed by atoms with van der Waals surface area (Å²) in [6, 6.07) is 11.6. The first-order chi connectivity index (χ1) is 13.3. The van der Waals surface area contributed by atoms with Gasteiger partial charge in [-0.2, -0.15) is 0 Å². The van der Waals surface area contributed by atoms with Gasteiger partial charge in [-0.1, -0.05) is 18.2 Å². The van der Waals surface area contributed by atoms with Crippen LogP contribution in [0.3, 0.4) is 0 Å². The summed E-state index contributed by atoms with van der Waals surface area (Å²) in [6.07, 6.45) is 0. The van der Waals surface area contributed by atoms with Gasteiger partial charge in [0.2, 0.25) is 5.56 Å². The van der Waals surface area contributed by atoms with Crippen LogP contribution in [-0.2, 0) is 9.53 Å². The summed E-state index contributed by atoms with van der Waals surface area (Å²) >= 11 is 3.13. The van der Waals surface area contributed by atoms with Crippen molar-refractivity contribution in [2.45, 2.75) is 0 Å². The number of carbonyl (C=O) groups is 2. The Balaban J connectivity index is 1.69. The van der Waals surface area contributed by atoms with Gasteiger partial charge in [0.05, 0.1) is 16.2 Å². The number of non-ortho nitro benzene ring substituents is 1. The molecule has 2 aromatic carbocycles. The number of nitrogens with zero attached hydrogens (tertiary/aromatic N) is 1. The summed E-state index contributed by atoms with van der Waals surface area (Å²) < 4.78 is 5.31. The number of pyridine rings is 1. The number of H-pyrrole nitrogens is 1. The third kappa shape index (κ3) is 4.23. The Kier molecular flexibility index (Phi) is 5.50. The molecule has 0 spiro atoms. The zero-order chi connectivity index (χ0) is 20.3. The maximum atomic E-state index is 12.3. The van der Waals surface area contributed by atoms with Crippen molar-refractivity contribution < 1.29 is 19.2 Å². The Morgan fingerprint density at radius 3 is 2.64 bits per heavy atom. The molecule has 3 rings (SSSR count). The van der Waals surface area contributed by atoms with Crippen molar-refractivity contribution in [3.8, 4) is 0 Å². The van der Waals surface area contributed by atoms with E-state index in [9.17, 15) is 24.5 Å². The zero-order valence-corrected chi connectivity index (χ0v) is 15.7. The Morgan fingerprint density at radius 1 is 1.18 bits per heavy atom. The Morgan fingerprint density at radius 2 is 1.93 bits per heavy atom. The summed E-state index contributed by atoms with van der Waals surface area (Å²) in [7, 11) is 0. The van der Waals surface area contributed by atoms with Crippen LogP contribution in [0.25, 0.3) is 10.9 Å². The highest BCUT2D eigenvalue weighted by Crippen LogP contribution is 2.27. The number of ether oxygens (including phenoxy) is 1. The number of hydrogen-bond donors (Lipinski definition) is 2. The molecule has 142 valence electrons. The molecule has 1 aromatic heterocycles. The lowest BCUT2D eigenvalue weighted by Crippen LogP contribution is -2.22. The van der Waals surface area contributed by atoms with Crippen LogP contribution in [0.5, 0.6) is 0 Å². The van der Waals surface area contributed by atoms with E-state index in [2.05, 4.69) is 26.2 Å². The minimum atomic E-state index is -0.819. The van der Waals surface area contributed by atoms with Crippen LogP contribution in [0, 0.1) is 10.1 Å². The van der Waals surface area contributed by atoms with Crippen molar-refractivity contribution in [1.82, 2.24) is 4.98 Å². The third-order valence-corrected chi connectivity index (χ3v) is 4.40. The molecule has 0 unspecified atom stereocenters. The number of para-hydroxylation sites is 1. The Labute approximate surface area is 165 Å². The molecule has 0 saturated carbocycles. The number of hydrogen-bond acceptors (Lipinski definition) is 6. The van der Waals surface area contributed by atoms with Crippen LogP contribution in [0.15, 0.2) is 57.8 Å². The standard InChI is InChI=1S/C18H12BrN3O6/c19-13-7-10(22(26)27)5-6-15(13)21-17(24)9-28-18(25)12-8-16(23)20-14-4-2-1-3-11(12)14/h1-8H,9H2,(H,20,23)(H,21,24). The average Bonchev–Trinajstić information content (AvgIpc) is 2.66. The van der Waals surface area contributed by atoms with Gasteiger partial charge in [-0.15, -0.1) is 0 Å². The Hall–Kier alpha value is -3.53. The quantitative estimate of drug-likeness (QED) is 0.352. The molecule has 3 aromatic rings. The molecule has 0 fully saturated rings. The predicted molar refractivity (Wildman–Crippen MR) is 104 cm³/mol. The predicted octanol–water partition coefficient (Wildman–Crippen LogP) is 2.99. The van der Waals surface area contributed by atoms with Gasteiger partial charge < -0.3 is 15.0 Å². The number of halogens is 1. The highest BCUT2D eigenvalue weighted by Gasteiger charge is 2.16. The highest BCUT2D eigenvalue weighted by molar-refractivity contribution is 9.10. The second-order valence-electron chi connectivity index (χ2n) is 5.64. The van der Waals surface area contributed by atoms with Gasteiger partial charge in [-0.25, -0.2) is 4.79 Å². The second kappa shape index (κ2) is 8.01. The number of amides is 1. The van der Waals surface area contributed by atoms with E-state index >= 15 is 0 Å². The summed E-state index contributed by atoms with van der Waals surface area (Å²) in [5.41, 5.74) is 0.195. The highest BCUT2D eigenvalue weighted by atomic mass is 79.9. The molecular weight excluding hydrogens is 434 g/mol. The van der Waals surface area contributed by atoms with Crippen LogP contribution in [0.4, 0.5) is 11.4 Å². The maximum absolute atomic E-state index is 12.3. The van der Waals surface area contributed by atoms with E-state index in [0.29, 0.717) is 15.4 Å². The fraction of sp³-hybridized carbons (Fsp3) is 0.0556. The molecule has 0 aliphatic carbocycles. The first-order valence-corrected chi connectivity index (χ1v) is 8.67. The lowest BCUT2D eigenvalue weighted by molar-refractivity contribution is -0.384. The number of fused-ring (bicyclic) bond motifs is 1. The summed E-state index contributed by atoms with van der Waals surface area (Å²) in [5, 5.41) is 13.7. The van der Waals surface area contributed by atoms with E-state index in [1.54, 1.807) is 24.3 Å². The van der Waals surface area contributed by atoms with E-state index in [4.69, 9.17) is 4.74 Å². The first kappa shape index (κ1) is 19.2. The molecule has 1 heterocycles. The number of aromatic amines is 1. The van der Waals surface area contributed by atoms with Crippen LogP contribution in [0.1, 0.15) is 10.4 Å². The number of anilines is 1. The van der Waals surface area contributed by atoms with Crippen LogP contribution >= 0.6 is 15.9 Å². The number of nitro benzene ring substituents is 1. The molecule has 0 aliphatic heterocycles. The average molecular weight is 446 g/mol. The number of nitrogens with one attached hydrogen (secondary N) is 2. The normalized spacial score (nSPS) is 10.5. The number of esters is 1. The molecule has 28 heavy (non-hydrogen) atoms. The van der Waals surface area contributed by atoms with Gasteiger partial charge in [-0.3, -0.25) is 19.7 Å². The lowest BCUT2D eigenvalue weighted by atomic mass is 10.1. The van der Waals surface area contributed by atoms with Crippen molar-refractivity contribution in [1.29, 1.82) is 0 Å². The number of aromatic nitrogens is 1. The van der Waals surface area contributed by atoms with Gasteiger partial charge in [0, 0.05) is 33.6 Å². The molecule has 0 bridgehead atoms. The van der Waals surface area contributed by atoms with E-state index in [1.165, 1.54) is 18.2 Å². The minimum absolute atomic E-state index is 0.0451. The van der Waals surface area contributed by atoms with E-state index in [0.717, 1.165) is 6.07 Å². The van der Waals surface area contributed by atoms with Crippen LogP contribution < -0.4 is 10.9 Å². The van der Waals surface area contributed by atoms with Gasteiger partial charge >= 0.3 is 5.97 Å². The van der Waals surface area contributed by atoms with Crippen LogP contribution in [0.2, 0.25) is 0 Å². The maximum Gasteiger partial charge on any atom is 0.339 e. The monoisotopic (exact) mass is 445 g/mol. The molecule has 0 radical (unpaired) electrons. The molecule has 0 saturated heterocycles. The molecule has 2 N–H and O–H groups in total. The second-order valence-corrected chi connectivity index (χ2v) is 6.49. The first-order valence-electron chi connectivity index (χ1n) is 7.88. The molecule has 10 heteroatoms. The topological polar surface area (TPSA) is 131 Å². The van der Waals surface area contributed by atoms with Gasteiger partial charge in [-0.05, 0) is 28.1 Å². The smallest absolute Gasteiger partial charge is 0.339 e. The van der Waals surface area contributed by atoms with Crippen molar-refractivity contribution in [2.75, 3.05) is 11.9 Å². The van der Waals surface area contributed by atoms with Gasteiger partial charge in [0.15, 0.2) is 6.61 Å². The van der Waals surface area contributed by atoms with Crippen molar-refractivity contribution in [2.24, 2.45) is 0 Å². The summed E-state index contributed by atoms with van der Waals surface area (Å²) in [4.78, 5) is 48.8. The number of rotatable bonds is 5. The van der Waals surface area contributed by atoms with Crippen molar-refractivity contribution in [3.63, 3.8) is 0 Å². The van der Waals surface area contributed by atoms with Gasteiger partial charge in [0.1, 0.15) is 0 Å². The van der Waals surface area contributed by atoms with Crippen molar-refractivity contribution >= 4 is 50.1 Å². The largest absolute Gasteiger partial charge is 0.452 e. The fourth-order valence-electron chi connectivity index (χ4n) is 2.49. The third-order valence-electron chi connectivity index (χ3n) is 3.74. The van der Waals surface area contributed by atoms with Crippen LogP contribution in [-0.4, -0.2) is 28.4 Å². The zero-order valence-electron chi connectivity index (χ0n) is 14.1. The lowest BCUT2D eigenvalue weighted by Gasteiger charge is -2.09. The van der Waals surface area contributed by atoms with Gasteiger partial charge in [0.25, 0.3) is 11.6 Å². The molecule has 9 nitrogen and oxygen atoms in total. The Bertz CT molecular complexity index is 1160. The summed E-state index contributed by atoms with van der Waals surface area (Å²) in [6.45, 7) is -0.594. The molecule has 0 aliphatic rings. The van der Waals surface area contributed by atoms with Crippen molar-refractivity contribution in [3.05, 3.63) is 79.0 Å². The van der Waals surface area contributed by atoms with E-state index in [1.807, 2.05) is 0 Å². The number of benzene rings is 2. The molecule has 0 atom stereocenters. The minimum Gasteiger partial charge on any atom is -0.452 e. The SMILES string of the molecule is O=C(COC(=O)c1cc(=O)[nH]c2ccccc12)Nc1ccc([N+](=O)[O-])cc1Br. The fourth-order valence-corrected chi connectivity index (χ4v) is 2.95. The molecular formula is C18H12BrN3O6. The van der Waals surface area contributed by atoms with E-state index in [-0.39, 0.29) is 16.9 Å². The number of nitro groups is 1. The number of carbonyl (C=O) groups excluding carboxylic acids is 2. The summed E-state index contributed by atoms with van der Waals surface area (Å²) in [5.74, 6) is -1.46.